The van der Waals surface area contributed by atoms with Gasteiger partial charge in [0.15, 0.2) is 0 Å². The predicted molar refractivity (Wildman–Crippen MR) is 49.3 cm³/mol. The lowest BCUT2D eigenvalue weighted by atomic mass is 10.2. The lowest BCUT2D eigenvalue weighted by Gasteiger charge is -1.93. The molecule has 0 aliphatic rings. The van der Waals surface area contributed by atoms with Gasteiger partial charge in [-0.25, -0.2) is 4.79 Å². The zero-order valence-corrected chi connectivity index (χ0v) is 7.19. The van der Waals surface area contributed by atoms with Crippen molar-refractivity contribution < 1.29 is 0 Å². The van der Waals surface area contributed by atoms with Crippen LogP contribution in [0.15, 0.2) is 35.5 Å². The van der Waals surface area contributed by atoms with Gasteiger partial charge in [0.25, 0.3) is 0 Å². The van der Waals surface area contributed by atoms with Crippen LogP contribution in [0, 0.1) is 0 Å². The summed E-state index contributed by atoms with van der Waals surface area (Å²) in [7, 11) is 1.71. The van der Waals surface area contributed by atoms with E-state index in [1.54, 1.807) is 25.6 Å². The van der Waals surface area contributed by atoms with Gasteiger partial charge in [-0.1, -0.05) is 0 Å². The molecule has 0 saturated heterocycles. The van der Waals surface area contributed by atoms with E-state index in [0.717, 1.165) is 11.3 Å². The zero-order valence-electron chi connectivity index (χ0n) is 7.19. The molecule has 4 heteroatoms. The van der Waals surface area contributed by atoms with Crippen LogP contribution in [0.25, 0.3) is 11.3 Å². The largest absolute Gasteiger partial charge is 0.325 e. The molecule has 0 aliphatic heterocycles. The third-order valence-electron chi connectivity index (χ3n) is 1.88. The molecule has 13 heavy (non-hydrogen) atoms. The molecule has 0 aliphatic carbocycles. The summed E-state index contributed by atoms with van der Waals surface area (Å²) in [6.07, 6.45) is 5.15. The van der Waals surface area contributed by atoms with Gasteiger partial charge in [0.1, 0.15) is 0 Å². The SMILES string of the molecule is Cn1cc(-c2ccncc2)[nH]c1=O. The fraction of sp³-hybridized carbons (Fsp3) is 0.111. The van der Waals surface area contributed by atoms with Gasteiger partial charge in [0.2, 0.25) is 0 Å². The molecule has 0 unspecified atom stereocenters. The van der Waals surface area contributed by atoms with Crippen LogP contribution in [0.2, 0.25) is 0 Å². The predicted octanol–water partition coefficient (Wildman–Crippen LogP) is 0.775. The van der Waals surface area contributed by atoms with E-state index in [2.05, 4.69) is 9.97 Å². The van der Waals surface area contributed by atoms with Gasteiger partial charge in [0.05, 0.1) is 5.69 Å². The normalized spacial score (nSPS) is 10.2. The van der Waals surface area contributed by atoms with E-state index in [0.29, 0.717) is 0 Å². The van der Waals surface area contributed by atoms with Gasteiger partial charge in [-0.15, -0.1) is 0 Å². The zero-order chi connectivity index (χ0) is 9.26. The number of aromatic amines is 1. The van der Waals surface area contributed by atoms with Crippen molar-refractivity contribution in [2.24, 2.45) is 7.05 Å². The van der Waals surface area contributed by atoms with E-state index in [9.17, 15) is 4.79 Å². The van der Waals surface area contributed by atoms with Crippen LogP contribution in [-0.2, 0) is 7.05 Å². The van der Waals surface area contributed by atoms with Crippen molar-refractivity contribution in [3.63, 3.8) is 0 Å². The van der Waals surface area contributed by atoms with Crippen molar-refractivity contribution in [3.05, 3.63) is 41.2 Å². The van der Waals surface area contributed by atoms with Gasteiger partial charge < -0.3 is 9.55 Å². The number of pyridine rings is 1. The van der Waals surface area contributed by atoms with Crippen LogP contribution in [0.3, 0.4) is 0 Å². The van der Waals surface area contributed by atoms with Gasteiger partial charge in [-0.2, -0.15) is 0 Å². The third kappa shape index (κ3) is 1.38. The number of nitrogens with zero attached hydrogens (tertiary/aromatic N) is 2. The molecule has 1 N–H and O–H groups in total. The minimum Gasteiger partial charge on any atom is -0.306 e. The van der Waals surface area contributed by atoms with E-state index in [4.69, 9.17) is 0 Å². The molecule has 0 saturated carbocycles. The first-order valence-electron chi connectivity index (χ1n) is 3.93. The van der Waals surface area contributed by atoms with Gasteiger partial charge in [0, 0.05) is 31.2 Å². The van der Waals surface area contributed by atoms with E-state index in [1.165, 1.54) is 4.57 Å². The van der Waals surface area contributed by atoms with Crippen LogP contribution in [0.4, 0.5) is 0 Å². The standard InChI is InChI=1S/C9H9N3O/c1-12-6-8(11-9(12)13)7-2-4-10-5-3-7/h2-6H,1H3,(H,11,13). The summed E-state index contributed by atoms with van der Waals surface area (Å²) in [5.74, 6) is 0. The van der Waals surface area contributed by atoms with Crippen LogP contribution >= 0.6 is 0 Å². The molecule has 2 rings (SSSR count). The van der Waals surface area contributed by atoms with Crippen molar-refractivity contribution in [3.8, 4) is 11.3 Å². The molecule has 0 amide bonds. The highest BCUT2D eigenvalue weighted by atomic mass is 16.1. The second-order valence-electron chi connectivity index (χ2n) is 2.82. The number of aryl methyl sites for hydroxylation is 1. The smallest absolute Gasteiger partial charge is 0.306 e. The molecule has 66 valence electrons. The van der Waals surface area contributed by atoms with Gasteiger partial charge in [-0.05, 0) is 12.1 Å². The lowest BCUT2D eigenvalue weighted by molar-refractivity contribution is 0.862. The van der Waals surface area contributed by atoms with E-state index >= 15 is 0 Å². The van der Waals surface area contributed by atoms with Crippen molar-refractivity contribution in [2.45, 2.75) is 0 Å². The number of aromatic nitrogens is 3. The van der Waals surface area contributed by atoms with E-state index in [1.807, 2.05) is 12.1 Å². The first-order chi connectivity index (χ1) is 6.27. The average molecular weight is 175 g/mol. The van der Waals surface area contributed by atoms with Crippen LogP contribution in [0.5, 0.6) is 0 Å². The molecule has 2 aromatic rings. The number of hydrogen-bond acceptors (Lipinski definition) is 2. The molecule has 0 atom stereocenters. The maximum atomic E-state index is 11.1. The molecule has 0 fully saturated rings. The quantitative estimate of drug-likeness (QED) is 0.696. The number of H-pyrrole nitrogens is 1. The second-order valence-corrected chi connectivity index (χ2v) is 2.82. The summed E-state index contributed by atoms with van der Waals surface area (Å²) in [4.78, 5) is 17.7. The van der Waals surface area contributed by atoms with E-state index < -0.39 is 0 Å². The lowest BCUT2D eigenvalue weighted by Crippen LogP contribution is -2.11. The topological polar surface area (TPSA) is 50.7 Å². The molecule has 2 aromatic heterocycles. The summed E-state index contributed by atoms with van der Waals surface area (Å²) >= 11 is 0. The molecule has 0 bridgehead atoms. The number of hydrogen-bond donors (Lipinski definition) is 1. The summed E-state index contributed by atoms with van der Waals surface area (Å²) in [5, 5.41) is 0. The molecule has 4 nitrogen and oxygen atoms in total. The minimum atomic E-state index is -0.105. The Morgan fingerprint density at radius 2 is 2.08 bits per heavy atom. The Labute approximate surface area is 74.9 Å². The first-order valence-corrected chi connectivity index (χ1v) is 3.93. The highest BCUT2D eigenvalue weighted by Crippen LogP contribution is 2.12. The van der Waals surface area contributed by atoms with Crippen LogP contribution in [-0.4, -0.2) is 14.5 Å². The van der Waals surface area contributed by atoms with Crippen molar-refractivity contribution in [1.29, 1.82) is 0 Å². The Kier molecular flexibility index (Phi) is 1.73. The molecule has 2 heterocycles. The Bertz CT molecular complexity index is 455. The van der Waals surface area contributed by atoms with Crippen molar-refractivity contribution in [1.82, 2.24) is 14.5 Å². The Balaban J connectivity index is 2.54. The minimum absolute atomic E-state index is 0.105. The first kappa shape index (κ1) is 7.79. The summed E-state index contributed by atoms with van der Waals surface area (Å²) in [6.45, 7) is 0. The fourth-order valence-corrected chi connectivity index (χ4v) is 1.17. The Morgan fingerprint density at radius 1 is 1.38 bits per heavy atom. The van der Waals surface area contributed by atoms with Gasteiger partial charge in [-0.3, -0.25) is 4.98 Å². The van der Waals surface area contributed by atoms with Crippen molar-refractivity contribution >= 4 is 0 Å². The average Bonchev–Trinajstić information content (AvgIpc) is 2.49. The number of rotatable bonds is 1. The second kappa shape index (κ2) is 2.90. The Morgan fingerprint density at radius 3 is 2.62 bits per heavy atom. The van der Waals surface area contributed by atoms with Crippen molar-refractivity contribution in [2.75, 3.05) is 0 Å². The monoisotopic (exact) mass is 175 g/mol. The van der Waals surface area contributed by atoms with Gasteiger partial charge >= 0.3 is 5.69 Å². The molecule has 0 radical (unpaired) electrons. The van der Waals surface area contributed by atoms with E-state index in [-0.39, 0.29) is 5.69 Å². The maximum absolute atomic E-state index is 11.1. The molecule has 0 spiro atoms. The van der Waals surface area contributed by atoms with Crippen LogP contribution in [0.1, 0.15) is 0 Å². The summed E-state index contributed by atoms with van der Waals surface area (Å²) in [5.41, 5.74) is 1.68. The molecular formula is C9H9N3O. The summed E-state index contributed by atoms with van der Waals surface area (Å²) < 4.78 is 1.51. The molecular weight excluding hydrogens is 166 g/mol. The number of nitrogens with one attached hydrogen (secondary N) is 1. The molecule has 0 aromatic carbocycles. The van der Waals surface area contributed by atoms with Crippen LogP contribution < -0.4 is 5.69 Å². The highest BCUT2D eigenvalue weighted by Gasteiger charge is 2.00. The maximum Gasteiger partial charge on any atom is 0.325 e. The highest BCUT2D eigenvalue weighted by molar-refractivity contribution is 5.56. The fourth-order valence-electron chi connectivity index (χ4n) is 1.17. The Hall–Kier alpha value is -1.84. The summed E-state index contributed by atoms with van der Waals surface area (Å²) in [6, 6.07) is 3.70. The third-order valence-corrected chi connectivity index (χ3v) is 1.88. The number of imidazole rings is 1.